The zero-order valence-corrected chi connectivity index (χ0v) is 19.5. The van der Waals surface area contributed by atoms with Crippen LogP contribution in [-0.4, -0.2) is 36.9 Å². The summed E-state index contributed by atoms with van der Waals surface area (Å²) in [5, 5.41) is 19.7. The molecule has 2 heterocycles. The van der Waals surface area contributed by atoms with E-state index in [0.29, 0.717) is 11.3 Å². The first-order chi connectivity index (χ1) is 15.4. The van der Waals surface area contributed by atoms with E-state index in [1.165, 1.54) is 11.3 Å². The number of carbonyl (C=O) groups is 1. The van der Waals surface area contributed by atoms with Gasteiger partial charge in [0.25, 0.3) is 5.91 Å². The summed E-state index contributed by atoms with van der Waals surface area (Å²) in [6, 6.07) is 14.7. The van der Waals surface area contributed by atoms with Gasteiger partial charge in [0.1, 0.15) is 10.8 Å². The van der Waals surface area contributed by atoms with Gasteiger partial charge >= 0.3 is 0 Å². The lowest BCUT2D eigenvalue weighted by atomic mass is 10.2. The number of hydrogen-bond acceptors (Lipinski definition) is 7. The quantitative estimate of drug-likeness (QED) is 0.409. The van der Waals surface area contributed by atoms with Crippen molar-refractivity contribution < 1.29 is 9.53 Å². The van der Waals surface area contributed by atoms with Gasteiger partial charge in [-0.05, 0) is 56.4 Å². The molecule has 0 radical (unpaired) electrons. The summed E-state index contributed by atoms with van der Waals surface area (Å²) in [5.74, 6) is 1.15. The molecule has 0 aliphatic rings. The molecule has 2 aromatic heterocycles. The molecule has 164 valence electrons. The number of benzene rings is 2. The molecule has 0 atom stereocenters. The number of aryl methyl sites for hydroxylation is 1. The highest BCUT2D eigenvalue weighted by Gasteiger charge is 2.13. The maximum Gasteiger partial charge on any atom is 0.257 e. The van der Waals surface area contributed by atoms with Gasteiger partial charge in [-0.25, -0.2) is 0 Å². The molecule has 0 fully saturated rings. The van der Waals surface area contributed by atoms with E-state index < -0.39 is 0 Å². The van der Waals surface area contributed by atoms with Gasteiger partial charge in [0.15, 0.2) is 10.9 Å². The van der Waals surface area contributed by atoms with Gasteiger partial charge in [0.05, 0.1) is 6.10 Å². The molecule has 0 unspecified atom stereocenters. The maximum absolute atomic E-state index is 12.6. The lowest BCUT2D eigenvalue weighted by Crippen LogP contribution is -2.34. The van der Waals surface area contributed by atoms with Crippen LogP contribution in [0.5, 0.6) is 5.75 Å². The summed E-state index contributed by atoms with van der Waals surface area (Å²) < 4.78 is 7.41. The minimum atomic E-state index is -0.311. The number of thiocarbonyl (C=S) groups is 1. The molecule has 1 amide bonds. The van der Waals surface area contributed by atoms with Gasteiger partial charge in [-0.1, -0.05) is 36.5 Å². The first-order valence-electron chi connectivity index (χ1n) is 10.1. The minimum Gasteiger partial charge on any atom is -0.491 e. The van der Waals surface area contributed by atoms with Crippen molar-refractivity contribution >= 4 is 45.2 Å². The Balaban J connectivity index is 1.44. The van der Waals surface area contributed by atoms with Gasteiger partial charge < -0.3 is 10.1 Å². The average molecular weight is 467 g/mol. The Morgan fingerprint density at radius 1 is 1.19 bits per heavy atom. The van der Waals surface area contributed by atoms with Crippen LogP contribution in [0.4, 0.5) is 5.69 Å². The van der Waals surface area contributed by atoms with Gasteiger partial charge in [-0.15, -0.1) is 10.2 Å². The third-order valence-corrected chi connectivity index (χ3v) is 5.59. The number of carbonyl (C=O) groups excluding carboxylic acids is 1. The van der Waals surface area contributed by atoms with Gasteiger partial charge in [-0.3, -0.25) is 10.1 Å². The largest absolute Gasteiger partial charge is 0.491 e. The molecule has 2 N–H and O–H groups in total. The molecule has 0 bridgehead atoms. The third kappa shape index (κ3) is 4.92. The van der Waals surface area contributed by atoms with E-state index >= 15 is 0 Å². The summed E-state index contributed by atoms with van der Waals surface area (Å²) in [5.41, 5.74) is 2.12. The molecule has 8 nitrogen and oxygen atoms in total. The molecule has 0 aliphatic carbocycles. The van der Waals surface area contributed by atoms with Gasteiger partial charge in [0, 0.05) is 23.2 Å². The monoisotopic (exact) mass is 466 g/mol. The fourth-order valence-corrected chi connectivity index (χ4v) is 4.11. The minimum absolute atomic E-state index is 0.0234. The van der Waals surface area contributed by atoms with E-state index in [0.717, 1.165) is 33.5 Å². The highest BCUT2D eigenvalue weighted by molar-refractivity contribution is 7.80. The van der Waals surface area contributed by atoms with Crippen LogP contribution in [0.1, 0.15) is 37.0 Å². The van der Waals surface area contributed by atoms with E-state index in [-0.39, 0.29) is 17.1 Å². The van der Waals surface area contributed by atoms with Crippen LogP contribution in [0.15, 0.2) is 48.5 Å². The van der Waals surface area contributed by atoms with Crippen molar-refractivity contribution in [1.29, 1.82) is 0 Å². The fraction of sp³-hybridized carbons (Fsp3) is 0.227. The molecule has 0 aliphatic heterocycles. The summed E-state index contributed by atoms with van der Waals surface area (Å²) >= 11 is 6.80. The molecule has 4 rings (SSSR count). The van der Waals surface area contributed by atoms with Crippen molar-refractivity contribution in [2.45, 2.75) is 33.3 Å². The lowest BCUT2D eigenvalue weighted by molar-refractivity contribution is 0.0977. The van der Waals surface area contributed by atoms with Gasteiger partial charge in [-0.2, -0.15) is 9.61 Å². The number of rotatable bonds is 6. The molecular formula is C22H22N6O2S2. The first kappa shape index (κ1) is 21.8. The fourth-order valence-electron chi connectivity index (χ4n) is 3.05. The van der Waals surface area contributed by atoms with Crippen molar-refractivity contribution in [3.63, 3.8) is 0 Å². The Hall–Kier alpha value is -3.37. The summed E-state index contributed by atoms with van der Waals surface area (Å²) in [6.07, 6.45) is 0.780. The Kier molecular flexibility index (Phi) is 6.42. The van der Waals surface area contributed by atoms with Crippen molar-refractivity contribution in [2.24, 2.45) is 0 Å². The number of hydrogen-bond donors (Lipinski definition) is 2. The molecular weight excluding hydrogens is 444 g/mol. The average Bonchev–Trinajstić information content (AvgIpc) is 3.34. The number of aromatic nitrogens is 4. The second kappa shape index (κ2) is 9.41. The topological polar surface area (TPSA) is 93.4 Å². The Labute approximate surface area is 194 Å². The molecule has 0 saturated carbocycles. The molecule has 0 saturated heterocycles. The predicted octanol–water partition coefficient (Wildman–Crippen LogP) is 4.33. The predicted molar refractivity (Wildman–Crippen MR) is 129 cm³/mol. The molecule has 32 heavy (non-hydrogen) atoms. The number of fused-ring (bicyclic) bond motifs is 1. The number of nitrogens with one attached hydrogen (secondary N) is 2. The van der Waals surface area contributed by atoms with Crippen LogP contribution < -0.4 is 15.4 Å². The third-order valence-electron chi connectivity index (χ3n) is 4.43. The molecule has 10 heteroatoms. The maximum atomic E-state index is 12.6. The van der Waals surface area contributed by atoms with E-state index in [1.807, 2.05) is 51.1 Å². The Bertz CT molecular complexity index is 1280. The zero-order chi connectivity index (χ0) is 22.7. The summed E-state index contributed by atoms with van der Waals surface area (Å²) in [4.78, 5) is 13.3. The van der Waals surface area contributed by atoms with E-state index in [9.17, 15) is 4.79 Å². The summed E-state index contributed by atoms with van der Waals surface area (Å²) in [7, 11) is 0. The zero-order valence-electron chi connectivity index (χ0n) is 17.8. The second-order valence-electron chi connectivity index (χ2n) is 7.25. The van der Waals surface area contributed by atoms with Crippen molar-refractivity contribution in [3.8, 4) is 16.3 Å². The normalized spacial score (nSPS) is 11.0. The highest BCUT2D eigenvalue weighted by Crippen LogP contribution is 2.27. The number of ether oxygens (including phenoxy) is 1. The Morgan fingerprint density at radius 3 is 2.78 bits per heavy atom. The number of amides is 1. The van der Waals surface area contributed by atoms with E-state index in [4.69, 9.17) is 17.0 Å². The SMILES string of the molecule is CCc1nnc2sc(-c3cccc(NC(=S)NC(=O)c4cccc(OC(C)C)c4)c3)nn12. The van der Waals surface area contributed by atoms with Crippen molar-refractivity contribution in [3.05, 3.63) is 59.9 Å². The van der Waals surface area contributed by atoms with E-state index in [2.05, 4.69) is 25.9 Å². The van der Waals surface area contributed by atoms with Crippen molar-refractivity contribution in [1.82, 2.24) is 25.1 Å². The smallest absolute Gasteiger partial charge is 0.257 e. The van der Waals surface area contributed by atoms with Crippen LogP contribution in [0.3, 0.4) is 0 Å². The van der Waals surface area contributed by atoms with Crippen LogP contribution in [-0.2, 0) is 6.42 Å². The molecule has 4 aromatic rings. The second-order valence-corrected chi connectivity index (χ2v) is 8.62. The first-order valence-corrected chi connectivity index (χ1v) is 11.4. The van der Waals surface area contributed by atoms with Crippen molar-refractivity contribution in [2.75, 3.05) is 5.32 Å². The van der Waals surface area contributed by atoms with Gasteiger partial charge in [0.2, 0.25) is 4.96 Å². The molecule has 2 aromatic carbocycles. The highest BCUT2D eigenvalue weighted by atomic mass is 32.1. The number of anilines is 1. The Morgan fingerprint density at radius 2 is 2.00 bits per heavy atom. The van der Waals surface area contributed by atoms with Crippen LogP contribution in [0.25, 0.3) is 15.5 Å². The van der Waals surface area contributed by atoms with E-state index in [1.54, 1.807) is 22.7 Å². The standard InChI is InChI=1S/C22H22N6O2S2/c1-4-18-25-26-22-28(18)27-20(32-22)15-8-5-9-16(11-15)23-21(31)24-19(29)14-7-6-10-17(12-14)30-13(2)3/h5-13H,4H2,1-3H3,(H2,23,24,29,31). The van der Waals surface area contributed by atoms with Crippen LogP contribution in [0.2, 0.25) is 0 Å². The molecule has 0 spiro atoms. The van der Waals surface area contributed by atoms with Crippen LogP contribution in [0, 0.1) is 0 Å². The lowest BCUT2D eigenvalue weighted by Gasteiger charge is -2.12. The summed E-state index contributed by atoms with van der Waals surface area (Å²) in [6.45, 7) is 5.88. The van der Waals surface area contributed by atoms with Crippen LogP contribution >= 0.6 is 23.6 Å². The number of nitrogens with zero attached hydrogens (tertiary/aromatic N) is 4.